The zero-order valence-electron chi connectivity index (χ0n) is 6.25. The van der Waals surface area contributed by atoms with E-state index in [0.29, 0.717) is 19.6 Å². The maximum Gasteiger partial charge on any atom is 0.256 e. The van der Waals surface area contributed by atoms with Crippen LogP contribution >= 0.6 is 10.7 Å². The van der Waals surface area contributed by atoms with Gasteiger partial charge in [0.2, 0.25) is 0 Å². The second-order valence-corrected chi connectivity index (χ2v) is 4.64. The van der Waals surface area contributed by atoms with Crippen LogP contribution in [0.25, 0.3) is 0 Å². The highest BCUT2D eigenvalue weighted by Gasteiger charge is 2.03. The fourth-order valence-electron chi connectivity index (χ4n) is 0.464. The van der Waals surface area contributed by atoms with Crippen molar-refractivity contribution in [1.82, 2.24) is 0 Å². The number of halogens is 1. The molecule has 0 saturated heterocycles. The smallest absolute Gasteiger partial charge is 0.256 e. The summed E-state index contributed by atoms with van der Waals surface area (Å²) < 4.78 is 30.0. The lowest BCUT2D eigenvalue weighted by atomic mass is 10.5. The molecule has 0 amide bonds. The highest BCUT2D eigenvalue weighted by atomic mass is 35.7. The first kappa shape index (κ1) is 11.2. The molecule has 0 spiro atoms. The maximum atomic E-state index is 10.3. The Balaban J connectivity index is 3.16. The van der Waals surface area contributed by atoms with Crippen LogP contribution in [0.2, 0.25) is 0 Å². The van der Waals surface area contributed by atoms with E-state index in [1.807, 2.05) is 0 Å². The predicted molar refractivity (Wildman–Crippen MR) is 42.1 cm³/mol. The predicted octanol–water partition coefficient (Wildman–Crippen LogP) is 0.566. The van der Waals surface area contributed by atoms with E-state index in [2.05, 4.69) is 0 Å². The van der Waals surface area contributed by atoms with Crippen LogP contribution < -0.4 is 0 Å². The Kier molecular flexibility index (Phi) is 5.85. The van der Waals surface area contributed by atoms with E-state index in [-0.39, 0.29) is 0 Å². The molecule has 0 aromatic carbocycles. The molecule has 0 radical (unpaired) electrons. The van der Waals surface area contributed by atoms with Crippen LogP contribution in [-0.4, -0.2) is 34.7 Å². The summed E-state index contributed by atoms with van der Waals surface area (Å²) in [4.78, 5) is 0. The van der Waals surface area contributed by atoms with Crippen LogP contribution in [0.15, 0.2) is 0 Å². The Hall–Kier alpha value is 0.160. The molecule has 0 unspecified atom stereocenters. The van der Waals surface area contributed by atoms with Gasteiger partial charge in [-0.2, -0.15) is 0 Å². The molecular weight excluding hydrogens is 192 g/mol. The molecule has 0 bridgehead atoms. The molecule has 0 N–H and O–H groups in total. The van der Waals surface area contributed by atoms with Crippen molar-refractivity contribution < 1.29 is 17.9 Å². The number of rotatable bonds is 6. The summed E-state index contributed by atoms with van der Waals surface area (Å²) in [6.45, 7) is 0.905. The van der Waals surface area contributed by atoms with Crippen molar-refractivity contribution in [3.8, 4) is 0 Å². The summed E-state index contributed by atoms with van der Waals surface area (Å²) in [6.07, 6.45) is 0.670. The summed E-state index contributed by atoms with van der Waals surface area (Å²) in [5, 5.41) is 0. The SMILES string of the molecule is COCCCOCS(=O)(=O)Cl. The molecule has 4 nitrogen and oxygen atoms in total. The van der Waals surface area contributed by atoms with Crippen molar-refractivity contribution >= 4 is 19.7 Å². The van der Waals surface area contributed by atoms with Crippen LogP contribution in [0.4, 0.5) is 0 Å². The highest BCUT2D eigenvalue weighted by molar-refractivity contribution is 8.13. The maximum absolute atomic E-state index is 10.3. The van der Waals surface area contributed by atoms with Gasteiger partial charge in [-0.1, -0.05) is 0 Å². The molecule has 0 aromatic rings. The third-order valence-electron chi connectivity index (χ3n) is 0.861. The number of hydrogen-bond acceptors (Lipinski definition) is 4. The lowest BCUT2D eigenvalue weighted by molar-refractivity contribution is 0.129. The van der Waals surface area contributed by atoms with Crippen molar-refractivity contribution in [3.05, 3.63) is 0 Å². The van der Waals surface area contributed by atoms with Crippen LogP contribution in [0.1, 0.15) is 6.42 Å². The van der Waals surface area contributed by atoms with Gasteiger partial charge in [0.1, 0.15) is 0 Å². The summed E-state index contributed by atoms with van der Waals surface area (Å²) >= 11 is 0. The van der Waals surface area contributed by atoms with Gasteiger partial charge in [-0.05, 0) is 6.42 Å². The molecular formula is C5H11ClO4S. The van der Waals surface area contributed by atoms with Gasteiger partial charge in [0.15, 0.2) is 5.94 Å². The molecule has 0 saturated carbocycles. The average Bonchev–Trinajstić information content (AvgIpc) is 1.85. The fourth-order valence-corrected chi connectivity index (χ4v) is 0.970. The quantitative estimate of drug-likeness (QED) is 0.467. The largest absolute Gasteiger partial charge is 0.385 e. The van der Waals surface area contributed by atoms with E-state index in [4.69, 9.17) is 20.2 Å². The molecule has 6 heteroatoms. The Morgan fingerprint density at radius 1 is 1.36 bits per heavy atom. The molecule has 11 heavy (non-hydrogen) atoms. The van der Waals surface area contributed by atoms with Crippen LogP contribution in [0.5, 0.6) is 0 Å². The van der Waals surface area contributed by atoms with Crippen LogP contribution in [0, 0.1) is 0 Å². The standard InChI is InChI=1S/C5H11ClO4S/c1-9-3-2-4-10-5-11(6,7)8/h2-5H2,1H3. The normalized spacial score (nSPS) is 11.8. The van der Waals surface area contributed by atoms with Gasteiger partial charge in [0, 0.05) is 24.4 Å². The van der Waals surface area contributed by atoms with Gasteiger partial charge in [0.25, 0.3) is 9.05 Å². The van der Waals surface area contributed by atoms with Gasteiger partial charge < -0.3 is 9.47 Å². The molecule has 0 aromatic heterocycles. The van der Waals surface area contributed by atoms with E-state index in [1.54, 1.807) is 7.11 Å². The van der Waals surface area contributed by atoms with E-state index >= 15 is 0 Å². The lowest BCUT2D eigenvalue weighted by Gasteiger charge is -1.99. The third-order valence-corrected chi connectivity index (χ3v) is 1.58. The van der Waals surface area contributed by atoms with E-state index in [9.17, 15) is 8.42 Å². The molecule has 0 heterocycles. The van der Waals surface area contributed by atoms with Gasteiger partial charge in [-0.25, -0.2) is 8.42 Å². The third kappa shape index (κ3) is 10.2. The molecule has 0 atom stereocenters. The monoisotopic (exact) mass is 202 g/mol. The first-order chi connectivity index (χ1) is 5.06. The fraction of sp³-hybridized carbons (Fsp3) is 1.00. The Morgan fingerprint density at radius 3 is 2.45 bits per heavy atom. The topological polar surface area (TPSA) is 52.6 Å². The lowest BCUT2D eigenvalue weighted by Crippen LogP contribution is -2.05. The molecule has 68 valence electrons. The van der Waals surface area contributed by atoms with E-state index < -0.39 is 15.0 Å². The second-order valence-electron chi connectivity index (χ2n) is 1.91. The Morgan fingerprint density at radius 2 is 2.00 bits per heavy atom. The van der Waals surface area contributed by atoms with Crippen molar-refractivity contribution in [1.29, 1.82) is 0 Å². The zero-order chi connectivity index (χ0) is 8.74. The van der Waals surface area contributed by atoms with Gasteiger partial charge in [0.05, 0.1) is 6.61 Å². The van der Waals surface area contributed by atoms with Crippen molar-refractivity contribution in [2.45, 2.75) is 6.42 Å². The average molecular weight is 203 g/mol. The van der Waals surface area contributed by atoms with Crippen LogP contribution in [0.3, 0.4) is 0 Å². The number of hydrogen-bond donors (Lipinski definition) is 0. The minimum absolute atomic E-state index is 0.347. The van der Waals surface area contributed by atoms with Gasteiger partial charge in [-0.3, -0.25) is 0 Å². The minimum Gasteiger partial charge on any atom is -0.385 e. The number of methoxy groups -OCH3 is 1. The Labute approximate surface area is 70.9 Å². The number of ether oxygens (including phenoxy) is 2. The summed E-state index contributed by atoms with van der Waals surface area (Å²) in [7, 11) is 2.93. The van der Waals surface area contributed by atoms with Crippen molar-refractivity contribution in [2.24, 2.45) is 0 Å². The van der Waals surface area contributed by atoms with E-state index in [0.717, 1.165) is 0 Å². The molecule has 0 fully saturated rings. The highest BCUT2D eigenvalue weighted by Crippen LogP contribution is 1.96. The molecule has 0 aliphatic heterocycles. The second kappa shape index (κ2) is 5.77. The van der Waals surface area contributed by atoms with Crippen molar-refractivity contribution in [3.63, 3.8) is 0 Å². The first-order valence-electron chi connectivity index (χ1n) is 3.05. The molecule has 0 aliphatic rings. The minimum atomic E-state index is -3.50. The van der Waals surface area contributed by atoms with Gasteiger partial charge in [-0.15, -0.1) is 0 Å². The molecule has 0 rings (SSSR count). The zero-order valence-corrected chi connectivity index (χ0v) is 7.82. The Bertz CT molecular complexity index is 177. The van der Waals surface area contributed by atoms with Crippen LogP contribution in [-0.2, 0) is 18.5 Å². The van der Waals surface area contributed by atoms with Gasteiger partial charge >= 0.3 is 0 Å². The first-order valence-corrected chi connectivity index (χ1v) is 5.53. The molecule has 0 aliphatic carbocycles. The van der Waals surface area contributed by atoms with Crippen molar-refractivity contribution in [2.75, 3.05) is 26.3 Å². The summed E-state index contributed by atoms with van der Waals surface area (Å²) in [5.41, 5.74) is 0. The summed E-state index contributed by atoms with van der Waals surface area (Å²) in [5.74, 6) is -0.432. The van der Waals surface area contributed by atoms with E-state index in [1.165, 1.54) is 0 Å². The summed E-state index contributed by atoms with van der Waals surface area (Å²) in [6, 6.07) is 0.